The van der Waals surface area contributed by atoms with Crippen LogP contribution < -0.4 is 0 Å². The lowest BCUT2D eigenvalue weighted by molar-refractivity contribution is -0.0736. The summed E-state index contributed by atoms with van der Waals surface area (Å²) >= 11 is 0. The topological polar surface area (TPSA) is 23.5 Å². The number of hydrogen-bond acceptors (Lipinski definition) is 2. The van der Waals surface area contributed by atoms with E-state index in [4.69, 9.17) is 0 Å². The molecule has 112 valence electrons. The van der Waals surface area contributed by atoms with Crippen LogP contribution in [0.25, 0.3) is 0 Å². The van der Waals surface area contributed by atoms with Gasteiger partial charge < -0.3 is 5.11 Å². The molecular weight excluding hydrogens is 234 g/mol. The van der Waals surface area contributed by atoms with Crippen LogP contribution in [0.15, 0.2) is 12.2 Å². The molecule has 1 fully saturated rings. The number of allylic oxidation sites excluding steroid dienone is 1. The van der Waals surface area contributed by atoms with Crippen molar-refractivity contribution in [1.82, 2.24) is 4.90 Å². The van der Waals surface area contributed by atoms with E-state index < -0.39 is 0 Å². The summed E-state index contributed by atoms with van der Waals surface area (Å²) in [5.74, 6) is 0. The van der Waals surface area contributed by atoms with E-state index >= 15 is 0 Å². The van der Waals surface area contributed by atoms with Crippen LogP contribution in [0.4, 0.5) is 0 Å². The zero-order valence-corrected chi connectivity index (χ0v) is 14.0. The van der Waals surface area contributed by atoms with Gasteiger partial charge in [-0.1, -0.05) is 32.9 Å². The number of aliphatic hydroxyl groups excluding tert-OH is 1. The molecule has 0 aliphatic carbocycles. The van der Waals surface area contributed by atoms with Gasteiger partial charge in [0.1, 0.15) is 0 Å². The highest BCUT2D eigenvalue weighted by molar-refractivity contribution is 5.03. The molecule has 1 N–H and O–H groups in total. The monoisotopic (exact) mass is 267 g/mol. The Bertz CT molecular complexity index is 305. The summed E-state index contributed by atoms with van der Waals surface area (Å²) in [6.07, 6.45) is 7.28. The third-order valence-corrected chi connectivity index (χ3v) is 4.12. The van der Waals surface area contributed by atoms with E-state index in [0.29, 0.717) is 5.41 Å². The third-order valence-electron chi connectivity index (χ3n) is 4.12. The highest BCUT2D eigenvalue weighted by Gasteiger charge is 2.43. The first-order chi connectivity index (χ1) is 8.44. The van der Waals surface area contributed by atoms with E-state index in [9.17, 15) is 5.11 Å². The molecule has 2 heteroatoms. The Morgan fingerprint density at radius 3 is 1.95 bits per heavy atom. The maximum Gasteiger partial charge on any atom is 0.0575 e. The molecule has 1 rings (SSSR count). The van der Waals surface area contributed by atoms with Gasteiger partial charge in [0.05, 0.1) is 6.10 Å². The van der Waals surface area contributed by atoms with Crippen LogP contribution in [0, 0.1) is 5.41 Å². The maximum atomic E-state index is 10.0. The van der Waals surface area contributed by atoms with Crippen molar-refractivity contribution in [3.05, 3.63) is 12.2 Å². The Balaban J connectivity index is 2.69. The molecule has 19 heavy (non-hydrogen) atoms. The fraction of sp³-hybridized carbons (Fsp3) is 0.882. The summed E-state index contributed by atoms with van der Waals surface area (Å²) in [6.45, 7) is 16.8. The molecule has 1 aliphatic rings. The molecule has 0 amide bonds. The van der Waals surface area contributed by atoms with Crippen molar-refractivity contribution in [2.24, 2.45) is 5.41 Å². The van der Waals surface area contributed by atoms with Crippen LogP contribution >= 0.6 is 0 Å². The minimum absolute atomic E-state index is 0.0627. The zero-order chi connectivity index (χ0) is 14.9. The van der Waals surface area contributed by atoms with E-state index in [1.807, 2.05) is 0 Å². The van der Waals surface area contributed by atoms with Gasteiger partial charge in [-0.15, -0.1) is 0 Å². The number of nitrogens with zero attached hydrogens (tertiary/aromatic N) is 1. The number of rotatable bonds is 3. The second-order valence-corrected chi connectivity index (χ2v) is 8.53. The fourth-order valence-electron chi connectivity index (χ4n) is 3.38. The minimum atomic E-state index is -0.167. The molecule has 1 saturated heterocycles. The molecule has 0 atom stereocenters. The minimum Gasteiger partial charge on any atom is -0.393 e. The average molecular weight is 267 g/mol. The molecule has 0 saturated carbocycles. The SMILES string of the molecule is CC(C)(C)C/C=C/CN1C(C)(C)CC(O)CC1(C)C. The van der Waals surface area contributed by atoms with Gasteiger partial charge in [0, 0.05) is 17.6 Å². The molecule has 1 heterocycles. The predicted molar refractivity (Wildman–Crippen MR) is 83.3 cm³/mol. The van der Waals surface area contributed by atoms with Gasteiger partial charge in [0.15, 0.2) is 0 Å². The zero-order valence-electron chi connectivity index (χ0n) is 14.0. The van der Waals surface area contributed by atoms with Crippen LogP contribution in [0.5, 0.6) is 0 Å². The Kier molecular flexibility index (Phi) is 4.90. The van der Waals surface area contributed by atoms with Gasteiger partial charge in [-0.2, -0.15) is 0 Å². The summed E-state index contributed by atoms with van der Waals surface area (Å²) in [4.78, 5) is 2.53. The lowest BCUT2D eigenvalue weighted by Crippen LogP contribution is -2.61. The Hall–Kier alpha value is -0.340. The highest BCUT2D eigenvalue weighted by atomic mass is 16.3. The smallest absolute Gasteiger partial charge is 0.0575 e. The number of likely N-dealkylation sites (tertiary alicyclic amines) is 1. The summed E-state index contributed by atoms with van der Waals surface area (Å²) < 4.78 is 0. The van der Waals surface area contributed by atoms with E-state index in [-0.39, 0.29) is 17.2 Å². The average Bonchev–Trinajstić information content (AvgIpc) is 2.10. The molecule has 0 radical (unpaired) electrons. The van der Waals surface area contributed by atoms with E-state index in [2.05, 4.69) is 65.5 Å². The van der Waals surface area contributed by atoms with Gasteiger partial charge in [0.2, 0.25) is 0 Å². The highest BCUT2D eigenvalue weighted by Crippen LogP contribution is 2.38. The largest absolute Gasteiger partial charge is 0.393 e. The van der Waals surface area contributed by atoms with Crippen molar-refractivity contribution in [2.45, 2.75) is 84.9 Å². The Labute approximate surface area is 119 Å². The van der Waals surface area contributed by atoms with Crippen LogP contribution in [-0.2, 0) is 0 Å². The molecule has 0 unspecified atom stereocenters. The number of hydrogen-bond donors (Lipinski definition) is 1. The molecule has 0 aromatic carbocycles. The van der Waals surface area contributed by atoms with E-state index in [1.165, 1.54) is 0 Å². The lowest BCUT2D eigenvalue weighted by Gasteiger charge is -2.54. The first-order valence-electron chi connectivity index (χ1n) is 7.55. The number of piperidine rings is 1. The molecule has 2 nitrogen and oxygen atoms in total. The summed E-state index contributed by atoms with van der Waals surface area (Å²) in [5.41, 5.74) is 0.486. The van der Waals surface area contributed by atoms with Gasteiger partial charge >= 0.3 is 0 Å². The van der Waals surface area contributed by atoms with Crippen molar-refractivity contribution < 1.29 is 5.11 Å². The third kappa shape index (κ3) is 4.92. The van der Waals surface area contributed by atoms with Crippen molar-refractivity contribution in [2.75, 3.05) is 6.54 Å². The van der Waals surface area contributed by atoms with Gasteiger partial charge in [-0.25, -0.2) is 0 Å². The van der Waals surface area contributed by atoms with Crippen molar-refractivity contribution in [3.63, 3.8) is 0 Å². The Morgan fingerprint density at radius 1 is 1.05 bits per heavy atom. The molecule has 0 bridgehead atoms. The molecule has 0 aromatic rings. The van der Waals surface area contributed by atoms with Crippen LogP contribution in [0.2, 0.25) is 0 Å². The Morgan fingerprint density at radius 2 is 1.53 bits per heavy atom. The first-order valence-corrected chi connectivity index (χ1v) is 7.55. The number of aliphatic hydroxyl groups is 1. The molecule has 0 spiro atoms. The van der Waals surface area contributed by atoms with E-state index in [1.54, 1.807) is 0 Å². The van der Waals surface area contributed by atoms with Crippen molar-refractivity contribution in [3.8, 4) is 0 Å². The second-order valence-electron chi connectivity index (χ2n) is 8.53. The summed E-state index contributed by atoms with van der Waals surface area (Å²) in [5, 5.41) is 10.0. The molecular formula is C17H33NO. The normalized spacial score (nSPS) is 25.1. The van der Waals surface area contributed by atoms with Crippen molar-refractivity contribution >= 4 is 0 Å². The van der Waals surface area contributed by atoms with Crippen LogP contribution in [-0.4, -0.2) is 33.7 Å². The van der Waals surface area contributed by atoms with Crippen LogP contribution in [0.3, 0.4) is 0 Å². The molecule has 0 aromatic heterocycles. The maximum absolute atomic E-state index is 10.0. The second kappa shape index (κ2) is 5.57. The van der Waals surface area contributed by atoms with Crippen molar-refractivity contribution in [1.29, 1.82) is 0 Å². The van der Waals surface area contributed by atoms with Gasteiger partial charge in [-0.05, 0) is 52.4 Å². The summed E-state index contributed by atoms with van der Waals surface area (Å²) in [6, 6.07) is 0. The fourth-order valence-corrected chi connectivity index (χ4v) is 3.38. The lowest BCUT2D eigenvalue weighted by atomic mass is 9.78. The standard InChI is InChI=1S/C17H33NO/c1-15(2,3)10-8-9-11-18-16(4,5)12-14(19)13-17(18,6)7/h8-9,14,19H,10-13H2,1-7H3/b9-8+. The van der Waals surface area contributed by atoms with Gasteiger partial charge in [-0.3, -0.25) is 4.90 Å². The van der Waals surface area contributed by atoms with Gasteiger partial charge in [0.25, 0.3) is 0 Å². The quantitative estimate of drug-likeness (QED) is 0.782. The predicted octanol–water partition coefficient (Wildman–Crippen LogP) is 3.99. The molecule has 1 aliphatic heterocycles. The first kappa shape index (κ1) is 16.7. The van der Waals surface area contributed by atoms with Crippen LogP contribution in [0.1, 0.15) is 67.7 Å². The van der Waals surface area contributed by atoms with E-state index in [0.717, 1.165) is 25.8 Å². The summed E-state index contributed by atoms with van der Waals surface area (Å²) in [7, 11) is 0.